The molecule has 124 valence electrons. The smallest absolute Gasteiger partial charge is 0.220 e. The fraction of sp³-hybridized carbons (Fsp3) is 0.211. The summed E-state index contributed by atoms with van der Waals surface area (Å²) < 4.78 is 13.2. The van der Waals surface area contributed by atoms with E-state index in [0.717, 1.165) is 23.3 Å². The molecule has 3 rings (SSSR count). The molecule has 2 nitrogen and oxygen atoms in total. The molecule has 0 aliphatic rings. The molecule has 0 bridgehead atoms. The molecular weight excluding hydrogens is 341 g/mol. The van der Waals surface area contributed by atoms with Gasteiger partial charge in [0.05, 0.1) is 6.04 Å². The summed E-state index contributed by atoms with van der Waals surface area (Å²) in [6.07, 6.45) is 2.24. The molecule has 0 saturated heterocycles. The van der Waals surface area contributed by atoms with E-state index in [1.54, 1.807) is 34.8 Å². The van der Waals surface area contributed by atoms with Gasteiger partial charge < -0.3 is 5.32 Å². The van der Waals surface area contributed by atoms with Gasteiger partial charge in [-0.15, -0.1) is 22.7 Å². The zero-order valence-corrected chi connectivity index (χ0v) is 14.7. The number of aryl methyl sites for hydroxylation is 1. The molecule has 1 atom stereocenters. The van der Waals surface area contributed by atoms with E-state index in [-0.39, 0.29) is 17.8 Å². The van der Waals surface area contributed by atoms with Gasteiger partial charge in [0, 0.05) is 16.2 Å². The van der Waals surface area contributed by atoms with Crippen LogP contribution in [0.4, 0.5) is 4.39 Å². The highest BCUT2D eigenvalue weighted by Gasteiger charge is 2.17. The Morgan fingerprint density at radius 3 is 2.46 bits per heavy atom. The lowest BCUT2D eigenvalue weighted by Crippen LogP contribution is -2.28. The minimum Gasteiger partial charge on any atom is -0.344 e. The van der Waals surface area contributed by atoms with Gasteiger partial charge in [-0.25, -0.2) is 4.39 Å². The first-order chi connectivity index (χ1) is 11.7. The van der Waals surface area contributed by atoms with Crippen LogP contribution in [0.3, 0.4) is 0 Å². The van der Waals surface area contributed by atoms with Gasteiger partial charge in [-0.05, 0) is 53.4 Å². The van der Waals surface area contributed by atoms with Gasteiger partial charge >= 0.3 is 0 Å². The van der Waals surface area contributed by atoms with E-state index in [9.17, 15) is 9.18 Å². The minimum atomic E-state index is -0.272. The molecule has 5 heteroatoms. The number of benzene rings is 1. The van der Waals surface area contributed by atoms with Gasteiger partial charge in [0.25, 0.3) is 0 Å². The Bertz CT molecular complexity index is 751. The molecule has 0 fully saturated rings. The molecule has 0 spiro atoms. The van der Waals surface area contributed by atoms with Crippen molar-refractivity contribution in [2.45, 2.75) is 25.3 Å². The second-order valence-corrected chi connectivity index (χ2v) is 7.51. The van der Waals surface area contributed by atoms with Crippen molar-refractivity contribution in [3.8, 4) is 0 Å². The zero-order valence-electron chi connectivity index (χ0n) is 13.1. The second kappa shape index (κ2) is 8.22. The third-order valence-corrected chi connectivity index (χ3v) is 5.62. The maximum atomic E-state index is 13.2. The van der Waals surface area contributed by atoms with Crippen LogP contribution in [0, 0.1) is 5.82 Å². The molecule has 2 heterocycles. The van der Waals surface area contributed by atoms with Gasteiger partial charge in [-0.1, -0.05) is 24.3 Å². The van der Waals surface area contributed by atoms with Crippen LogP contribution < -0.4 is 5.32 Å². The first kappa shape index (κ1) is 16.9. The summed E-state index contributed by atoms with van der Waals surface area (Å²) in [5.41, 5.74) is 0.894. The van der Waals surface area contributed by atoms with Gasteiger partial charge in [-0.2, -0.15) is 0 Å². The standard InChI is InChI=1S/C19H18FNOS2/c20-15-10-8-14(9-11-15)19(17-6-3-13-24-17)21-18(22)7-1-4-16-5-2-12-23-16/h2-3,5-6,8-13,19H,1,4,7H2,(H,21,22)/t19-/m0/s1. The Morgan fingerprint density at radius 1 is 1.04 bits per heavy atom. The highest BCUT2D eigenvalue weighted by atomic mass is 32.1. The Kier molecular flexibility index (Phi) is 5.77. The monoisotopic (exact) mass is 359 g/mol. The van der Waals surface area contributed by atoms with Crippen molar-refractivity contribution in [3.05, 3.63) is 80.4 Å². The summed E-state index contributed by atoms with van der Waals surface area (Å²) in [7, 11) is 0. The van der Waals surface area contributed by atoms with Crippen molar-refractivity contribution in [2.24, 2.45) is 0 Å². The number of amides is 1. The summed E-state index contributed by atoms with van der Waals surface area (Å²) in [5, 5.41) is 7.12. The third-order valence-electron chi connectivity index (χ3n) is 3.74. The van der Waals surface area contributed by atoms with E-state index in [2.05, 4.69) is 16.8 Å². The molecule has 2 aromatic heterocycles. The van der Waals surface area contributed by atoms with E-state index in [1.807, 2.05) is 23.6 Å². The number of carbonyl (C=O) groups is 1. The number of carbonyl (C=O) groups excluding carboxylic acids is 1. The number of hydrogen-bond donors (Lipinski definition) is 1. The lowest BCUT2D eigenvalue weighted by Gasteiger charge is -2.18. The Labute approximate surface area is 149 Å². The molecule has 0 saturated carbocycles. The number of hydrogen-bond acceptors (Lipinski definition) is 3. The SMILES string of the molecule is O=C(CCCc1cccs1)N[C@@H](c1ccc(F)cc1)c1cccs1. The summed E-state index contributed by atoms with van der Waals surface area (Å²) in [4.78, 5) is 14.7. The largest absolute Gasteiger partial charge is 0.344 e. The van der Waals surface area contributed by atoms with Gasteiger partial charge in [0.15, 0.2) is 0 Å². The number of nitrogens with one attached hydrogen (secondary N) is 1. The van der Waals surface area contributed by atoms with Crippen molar-refractivity contribution >= 4 is 28.6 Å². The van der Waals surface area contributed by atoms with Gasteiger partial charge in [-0.3, -0.25) is 4.79 Å². The number of rotatable bonds is 7. The highest BCUT2D eigenvalue weighted by Crippen LogP contribution is 2.26. The van der Waals surface area contributed by atoms with E-state index in [4.69, 9.17) is 0 Å². The normalized spacial score (nSPS) is 12.0. The highest BCUT2D eigenvalue weighted by molar-refractivity contribution is 7.10. The lowest BCUT2D eigenvalue weighted by atomic mass is 10.0. The van der Waals surface area contributed by atoms with E-state index < -0.39 is 0 Å². The molecule has 0 radical (unpaired) electrons. The predicted molar refractivity (Wildman–Crippen MR) is 98.0 cm³/mol. The van der Waals surface area contributed by atoms with Crippen LogP contribution in [0.15, 0.2) is 59.3 Å². The predicted octanol–water partition coefficient (Wildman–Crippen LogP) is 5.18. The second-order valence-electron chi connectivity index (χ2n) is 5.50. The van der Waals surface area contributed by atoms with Crippen LogP contribution in [-0.2, 0) is 11.2 Å². The maximum absolute atomic E-state index is 13.2. The van der Waals surface area contributed by atoms with Gasteiger partial charge in [0.2, 0.25) is 5.91 Å². The molecule has 3 aromatic rings. The quantitative estimate of drug-likeness (QED) is 0.619. The zero-order chi connectivity index (χ0) is 16.8. The Hall–Kier alpha value is -1.98. The summed E-state index contributed by atoms with van der Waals surface area (Å²) in [6.45, 7) is 0. The van der Waals surface area contributed by atoms with Crippen LogP contribution in [0.1, 0.15) is 34.2 Å². The van der Waals surface area contributed by atoms with Crippen molar-refractivity contribution < 1.29 is 9.18 Å². The summed E-state index contributed by atoms with van der Waals surface area (Å²) in [6, 6.07) is 14.2. The van der Waals surface area contributed by atoms with Crippen molar-refractivity contribution in [2.75, 3.05) is 0 Å². The Balaban J connectivity index is 1.63. The Morgan fingerprint density at radius 2 is 1.79 bits per heavy atom. The first-order valence-electron chi connectivity index (χ1n) is 7.83. The molecule has 0 aliphatic heterocycles. The third kappa shape index (κ3) is 4.52. The molecule has 1 N–H and O–H groups in total. The molecular formula is C19H18FNOS2. The fourth-order valence-corrected chi connectivity index (χ4v) is 4.09. The average Bonchev–Trinajstić information content (AvgIpc) is 3.27. The maximum Gasteiger partial charge on any atom is 0.220 e. The minimum absolute atomic E-state index is 0.0225. The average molecular weight is 359 g/mol. The number of halogens is 1. The van der Waals surface area contributed by atoms with Gasteiger partial charge in [0.1, 0.15) is 5.82 Å². The van der Waals surface area contributed by atoms with Crippen LogP contribution in [0.2, 0.25) is 0 Å². The van der Waals surface area contributed by atoms with Crippen LogP contribution in [0.5, 0.6) is 0 Å². The van der Waals surface area contributed by atoms with Crippen LogP contribution in [0.25, 0.3) is 0 Å². The van der Waals surface area contributed by atoms with E-state index in [1.165, 1.54) is 17.0 Å². The lowest BCUT2D eigenvalue weighted by molar-refractivity contribution is -0.121. The van der Waals surface area contributed by atoms with Crippen molar-refractivity contribution in [1.82, 2.24) is 5.32 Å². The van der Waals surface area contributed by atoms with Crippen molar-refractivity contribution in [3.63, 3.8) is 0 Å². The molecule has 24 heavy (non-hydrogen) atoms. The first-order valence-corrected chi connectivity index (χ1v) is 9.59. The number of thiophene rings is 2. The fourth-order valence-electron chi connectivity index (χ4n) is 2.54. The van der Waals surface area contributed by atoms with Crippen molar-refractivity contribution in [1.29, 1.82) is 0 Å². The topological polar surface area (TPSA) is 29.1 Å². The van der Waals surface area contributed by atoms with E-state index >= 15 is 0 Å². The van der Waals surface area contributed by atoms with Crippen LogP contribution >= 0.6 is 22.7 Å². The molecule has 1 amide bonds. The van der Waals surface area contributed by atoms with Crippen LogP contribution in [-0.4, -0.2) is 5.91 Å². The molecule has 0 unspecified atom stereocenters. The molecule has 0 aliphatic carbocycles. The molecule has 1 aromatic carbocycles. The summed E-state index contributed by atoms with van der Waals surface area (Å²) >= 11 is 3.31. The summed E-state index contributed by atoms with van der Waals surface area (Å²) in [5.74, 6) is -0.250. The van der Waals surface area contributed by atoms with E-state index in [0.29, 0.717) is 6.42 Å².